The molecule has 2 saturated heterocycles. The maximum Gasteiger partial charge on any atom is 0.232 e. The van der Waals surface area contributed by atoms with Crippen molar-refractivity contribution in [3.8, 4) is 0 Å². The van der Waals surface area contributed by atoms with Gasteiger partial charge in [0.2, 0.25) is 5.91 Å². The fourth-order valence-electron chi connectivity index (χ4n) is 4.08. The van der Waals surface area contributed by atoms with Crippen LogP contribution in [0, 0.1) is 5.82 Å². The lowest BCUT2D eigenvalue weighted by atomic mass is 9.82. The Morgan fingerprint density at radius 2 is 1.76 bits per heavy atom. The highest BCUT2D eigenvalue weighted by atomic mass is 19.1. The lowest BCUT2D eigenvalue weighted by molar-refractivity contribution is -0.160. The van der Waals surface area contributed by atoms with E-state index in [0.717, 1.165) is 25.1 Å². The predicted octanol–water partition coefficient (Wildman–Crippen LogP) is 2.55. The Morgan fingerprint density at radius 1 is 1.20 bits per heavy atom. The molecule has 0 N–H and O–H groups in total. The molecule has 2 aliphatic heterocycles. The van der Waals surface area contributed by atoms with Gasteiger partial charge in [-0.1, -0.05) is 12.1 Å². The van der Waals surface area contributed by atoms with Gasteiger partial charge in [0, 0.05) is 37.3 Å². The van der Waals surface area contributed by atoms with Gasteiger partial charge in [-0.25, -0.2) is 4.39 Å². The molecule has 3 rings (SSSR count). The molecule has 1 aromatic rings. The molecule has 0 aromatic heterocycles. The summed E-state index contributed by atoms with van der Waals surface area (Å²) in [7, 11) is 3.95. The van der Waals surface area contributed by atoms with Crippen LogP contribution in [0.1, 0.15) is 38.7 Å². The van der Waals surface area contributed by atoms with E-state index in [1.54, 1.807) is 12.1 Å². The first-order valence-electron chi connectivity index (χ1n) is 9.14. The molecule has 5 heteroatoms. The van der Waals surface area contributed by atoms with Crippen molar-refractivity contribution in [2.24, 2.45) is 0 Å². The maximum absolute atomic E-state index is 13.3. The Hall–Kier alpha value is -1.46. The van der Waals surface area contributed by atoms with Gasteiger partial charge in [-0.05, 0) is 59.0 Å². The van der Waals surface area contributed by atoms with Crippen LogP contribution in [0.3, 0.4) is 0 Å². The molecule has 1 amide bonds. The molecule has 0 radical (unpaired) electrons. The fraction of sp³-hybridized carbons (Fsp3) is 0.650. The number of hydrogen-bond acceptors (Lipinski definition) is 3. The zero-order valence-corrected chi connectivity index (χ0v) is 16.0. The Morgan fingerprint density at radius 3 is 2.24 bits per heavy atom. The van der Waals surface area contributed by atoms with Crippen molar-refractivity contribution < 1.29 is 9.18 Å². The average molecular weight is 347 g/mol. The molecular weight excluding hydrogens is 317 g/mol. The highest BCUT2D eigenvalue weighted by molar-refractivity contribution is 5.85. The molecule has 138 valence electrons. The van der Waals surface area contributed by atoms with Crippen LogP contribution in [0.2, 0.25) is 0 Å². The Bertz CT molecular complexity index is 611. The number of halogens is 1. The highest BCUT2D eigenvalue weighted by Gasteiger charge is 2.50. The second-order valence-corrected chi connectivity index (χ2v) is 8.73. The number of benzene rings is 1. The molecule has 2 aliphatic rings. The van der Waals surface area contributed by atoms with Crippen LogP contribution >= 0.6 is 0 Å². The molecule has 4 nitrogen and oxygen atoms in total. The van der Waals surface area contributed by atoms with Gasteiger partial charge >= 0.3 is 0 Å². The first-order chi connectivity index (χ1) is 11.7. The Kier molecular flexibility index (Phi) is 4.91. The molecule has 3 unspecified atom stereocenters. The summed E-state index contributed by atoms with van der Waals surface area (Å²) in [4.78, 5) is 19.9. The van der Waals surface area contributed by atoms with E-state index in [4.69, 9.17) is 0 Å². The number of carbonyl (C=O) groups is 1. The fourth-order valence-corrected chi connectivity index (χ4v) is 4.08. The minimum Gasteiger partial charge on any atom is -0.333 e. The quantitative estimate of drug-likeness (QED) is 0.837. The number of piperidine rings is 1. The van der Waals surface area contributed by atoms with Crippen LogP contribution in [-0.2, 0) is 4.79 Å². The van der Waals surface area contributed by atoms with E-state index in [1.807, 2.05) is 19.0 Å². The number of rotatable bonds is 4. The van der Waals surface area contributed by atoms with Crippen molar-refractivity contribution in [1.29, 1.82) is 0 Å². The largest absolute Gasteiger partial charge is 0.333 e. The molecule has 3 atom stereocenters. The highest BCUT2D eigenvalue weighted by Crippen LogP contribution is 2.37. The number of amides is 1. The first-order valence-corrected chi connectivity index (χ1v) is 9.14. The van der Waals surface area contributed by atoms with Crippen LogP contribution < -0.4 is 0 Å². The number of carbonyl (C=O) groups excluding carboxylic acids is 1. The van der Waals surface area contributed by atoms with Gasteiger partial charge in [-0.2, -0.15) is 0 Å². The van der Waals surface area contributed by atoms with Gasteiger partial charge in [0.05, 0.1) is 5.92 Å². The first kappa shape index (κ1) is 18.3. The van der Waals surface area contributed by atoms with E-state index in [0.29, 0.717) is 18.6 Å². The summed E-state index contributed by atoms with van der Waals surface area (Å²) in [5.74, 6) is -0.307. The smallest absolute Gasteiger partial charge is 0.232 e. The van der Waals surface area contributed by atoms with Gasteiger partial charge < -0.3 is 9.80 Å². The van der Waals surface area contributed by atoms with Crippen LogP contribution in [0.4, 0.5) is 4.39 Å². The average Bonchev–Trinajstić information content (AvgIpc) is 2.52. The third-order valence-electron chi connectivity index (χ3n) is 5.51. The van der Waals surface area contributed by atoms with E-state index >= 15 is 0 Å². The number of piperazine rings is 1. The van der Waals surface area contributed by atoms with Crippen molar-refractivity contribution in [3.05, 3.63) is 35.6 Å². The number of fused-ring (bicyclic) bond motifs is 2. The summed E-state index contributed by atoms with van der Waals surface area (Å²) in [5.41, 5.74) is 1.05. The monoisotopic (exact) mass is 347 g/mol. The molecule has 2 bridgehead atoms. The minimum atomic E-state index is -0.263. The van der Waals surface area contributed by atoms with Crippen LogP contribution in [0.5, 0.6) is 0 Å². The summed E-state index contributed by atoms with van der Waals surface area (Å²) in [6.07, 6.45) is 1.11. The third kappa shape index (κ3) is 3.72. The maximum atomic E-state index is 13.3. The van der Waals surface area contributed by atoms with E-state index in [9.17, 15) is 9.18 Å². The summed E-state index contributed by atoms with van der Waals surface area (Å²) < 4.78 is 13.3. The van der Waals surface area contributed by atoms with Crippen molar-refractivity contribution in [2.75, 3.05) is 33.7 Å². The summed E-state index contributed by atoms with van der Waals surface area (Å²) in [6.45, 7) is 9.24. The zero-order valence-electron chi connectivity index (χ0n) is 16.0. The van der Waals surface area contributed by atoms with Crippen LogP contribution in [0.15, 0.2) is 24.3 Å². The van der Waals surface area contributed by atoms with Crippen molar-refractivity contribution >= 4 is 5.91 Å². The van der Waals surface area contributed by atoms with Gasteiger partial charge in [0.25, 0.3) is 0 Å². The lowest BCUT2D eigenvalue weighted by Gasteiger charge is -2.59. The number of likely N-dealkylation sites (tertiary alicyclic amines) is 2. The Labute approximate surface area is 150 Å². The summed E-state index contributed by atoms with van der Waals surface area (Å²) in [6, 6.07) is 7.02. The van der Waals surface area contributed by atoms with E-state index in [2.05, 4.69) is 30.6 Å². The molecule has 0 spiro atoms. The predicted molar refractivity (Wildman–Crippen MR) is 98.1 cm³/mol. The Balaban J connectivity index is 1.77. The number of nitrogens with zero attached hydrogens (tertiary/aromatic N) is 3. The summed E-state index contributed by atoms with van der Waals surface area (Å²) in [5, 5.41) is 0. The number of hydrogen-bond donors (Lipinski definition) is 0. The molecule has 2 heterocycles. The standard InChI is InChI=1S/C20H30FN3O/c1-20(2,3)23-11-16-10-17(12-23)24(16)19(25)18(13-22(4)5)14-6-8-15(21)9-7-14/h6-9,16-18H,10-13H2,1-5H3. The van der Waals surface area contributed by atoms with E-state index in [1.165, 1.54) is 12.1 Å². The van der Waals surface area contributed by atoms with Gasteiger partial charge in [-0.3, -0.25) is 9.69 Å². The molecule has 25 heavy (non-hydrogen) atoms. The van der Waals surface area contributed by atoms with Crippen molar-refractivity contribution in [2.45, 2.75) is 50.7 Å². The van der Waals surface area contributed by atoms with E-state index < -0.39 is 0 Å². The molecule has 0 saturated carbocycles. The topological polar surface area (TPSA) is 26.8 Å². The van der Waals surface area contributed by atoms with Gasteiger partial charge in [0.15, 0.2) is 0 Å². The SMILES string of the molecule is CN(C)CC(C(=O)N1C2CC1CN(C(C)(C)C)C2)c1ccc(F)cc1. The van der Waals surface area contributed by atoms with Gasteiger partial charge in [-0.15, -0.1) is 0 Å². The van der Waals surface area contributed by atoms with E-state index in [-0.39, 0.29) is 23.2 Å². The third-order valence-corrected chi connectivity index (χ3v) is 5.51. The van der Waals surface area contributed by atoms with Crippen LogP contribution in [0.25, 0.3) is 0 Å². The van der Waals surface area contributed by atoms with Crippen molar-refractivity contribution in [1.82, 2.24) is 14.7 Å². The normalized spacial score (nSPS) is 25.0. The second kappa shape index (κ2) is 6.69. The number of likely N-dealkylation sites (N-methyl/N-ethyl adjacent to an activating group) is 1. The lowest BCUT2D eigenvalue weighted by Crippen LogP contribution is -2.73. The molecule has 2 fully saturated rings. The second-order valence-electron chi connectivity index (χ2n) is 8.73. The minimum absolute atomic E-state index is 0.145. The van der Waals surface area contributed by atoms with Crippen LogP contribution in [-0.4, -0.2) is 72.0 Å². The molecule has 1 aromatic carbocycles. The zero-order chi connectivity index (χ0) is 18.4. The van der Waals surface area contributed by atoms with Crippen molar-refractivity contribution in [3.63, 3.8) is 0 Å². The molecule has 0 aliphatic carbocycles. The van der Waals surface area contributed by atoms with Gasteiger partial charge in [0.1, 0.15) is 5.82 Å². The molecular formula is C20H30FN3O. The summed E-state index contributed by atoms with van der Waals surface area (Å²) >= 11 is 0.